The first-order valence-corrected chi connectivity index (χ1v) is 10.0. The third-order valence-corrected chi connectivity index (χ3v) is 5.96. The number of carbonyl (C=O) groups is 2. The molecular formula is C19H28FN3O2S. The monoisotopic (exact) mass is 381 g/mol. The summed E-state index contributed by atoms with van der Waals surface area (Å²) in [6.45, 7) is 6.83. The Morgan fingerprint density at radius 1 is 1.38 bits per heavy atom. The summed E-state index contributed by atoms with van der Waals surface area (Å²) in [6.07, 6.45) is 1.37. The van der Waals surface area contributed by atoms with E-state index in [1.54, 1.807) is 35.0 Å². The molecule has 1 heterocycles. The third-order valence-electron chi connectivity index (χ3n) is 4.33. The van der Waals surface area contributed by atoms with Crippen LogP contribution in [0.3, 0.4) is 0 Å². The number of thioether (sulfide) groups is 1. The molecule has 2 unspecified atom stereocenters. The van der Waals surface area contributed by atoms with Crippen molar-refractivity contribution in [2.45, 2.75) is 50.3 Å². The Labute approximate surface area is 159 Å². The van der Waals surface area contributed by atoms with Crippen LogP contribution in [-0.2, 0) is 4.79 Å². The summed E-state index contributed by atoms with van der Waals surface area (Å²) in [4.78, 5) is 28.0. The van der Waals surface area contributed by atoms with E-state index in [0.717, 1.165) is 6.42 Å². The number of hydrogen-bond donors (Lipinski definition) is 1. The fraction of sp³-hybridized carbons (Fsp3) is 0.579. The van der Waals surface area contributed by atoms with E-state index in [0.29, 0.717) is 25.1 Å². The van der Waals surface area contributed by atoms with Gasteiger partial charge >= 0.3 is 6.03 Å². The van der Waals surface area contributed by atoms with E-state index in [2.05, 4.69) is 5.32 Å². The average Bonchev–Trinajstić information content (AvgIpc) is 2.90. The number of amides is 3. The van der Waals surface area contributed by atoms with Crippen LogP contribution in [0, 0.1) is 5.82 Å². The first-order valence-electron chi connectivity index (χ1n) is 9.07. The number of benzene rings is 1. The molecular weight excluding hydrogens is 353 g/mol. The van der Waals surface area contributed by atoms with Gasteiger partial charge < -0.3 is 15.1 Å². The number of nitrogens with zero attached hydrogens (tertiary/aromatic N) is 2. The summed E-state index contributed by atoms with van der Waals surface area (Å²) in [6, 6.07) is 6.58. The summed E-state index contributed by atoms with van der Waals surface area (Å²) >= 11 is 1.51. The minimum absolute atomic E-state index is 0.0556. The van der Waals surface area contributed by atoms with E-state index in [4.69, 9.17) is 0 Å². The minimum atomic E-state index is -0.302. The number of hydrogen-bond acceptors (Lipinski definition) is 3. The normalized spacial score (nSPS) is 19.9. The predicted octanol–water partition coefficient (Wildman–Crippen LogP) is 3.62. The van der Waals surface area contributed by atoms with Gasteiger partial charge in [0.05, 0.1) is 5.25 Å². The van der Waals surface area contributed by atoms with Crippen molar-refractivity contribution in [2.24, 2.45) is 0 Å². The van der Waals surface area contributed by atoms with Crippen LogP contribution in [0.15, 0.2) is 24.3 Å². The van der Waals surface area contributed by atoms with Gasteiger partial charge in [-0.05, 0) is 32.8 Å². The zero-order valence-corrected chi connectivity index (χ0v) is 16.7. The fourth-order valence-corrected chi connectivity index (χ4v) is 4.39. The van der Waals surface area contributed by atoms with Crippen molar-refractivity contribution < 1.29 is 14.0 Å². The lowest BCUT2D eigenvalue weighted by Crippen LogP contribution is -2.42. The van der Waals surface area contributed by atoms with Gasteiger partial charge in [0.15, 0.2) is 0 Å². The van der Waals surface area contributed by atoms with Gasteiger partial charge in [0.1, 0.15) is 11.2 Å². The molecule has 0 aliphatic carbocycles. The molecule has 26 heavy (non-hydrogen) atoms. The van der Waals surface area contributed by atoms with E-state index < -0.39 is 0 Å². The second-order valence-corrected chi connectivity index (χ2v) is 8.11. The number of halogens is 1. The Morgan fingerprint density at radius 3 is 2.69 bits per heavy atom. The average molecular weight is 382 g/mol. The Hall–Kier alpha value is -1.76. The van der Waals surface area contributed by atoms with E-state index in [1.165, 1.54) is 17.8 Å². The molecule has 1 aliphatic rings. The van der Waals surface area contributed by atoms with Crippen molar-refractivity contribution >= 4 is 23.7 Å². The van der Waals surface area contributed by atoms with Gasteiger partial charge in [0.25, 0.3) is 0 Å². The van der Waals surface area contributed by atoms with Gasteiger partial charge in [-0.1, -0.05) is 25.1 Å². The molecule has 7 heteroatoms. The van der Waals surface area contributed by atoms with E-state index in [9.17, 15) is 14.0 Å². The fourth-order valence-electron chi connectivity index (χ4n) is 2.94. The zero-order valence-electron chi connectivity index (χ0n) is 15.9. The topological polar surface area (TPSA) is 52.6 Å². The molecule has 3 amide bonds. The molecule has 2 rings (SSSR count). The third kappa shape index (κ3) is 4.90. The maximum Gasteiger partial charge on any atom is 0.317 e. The molecule has 0 spiro atoms. The lowest BCUT2D eigenvalue weighted by Gasteiger charge is -2.26. The maximum absolute atomic E-state index is 14.2. The summed E-state index contributed by atoms with van der Waals surface area (Å²) in [5.41, 5.74) is 0.549. The SMILES string of the molecule is CCC1SC(c2ccccc2F)N(CCCN(C)C(=O)NC(C)C)C1=O. The summed E-state index contributed by atoms with van der Waals surface area (Å²) in [5, 5.41) is 2.40. The van der Waals surface area contributed by atoms with Crippen molar-refractivity contribution in [3.8, 4) is 0 Å². The molecule has 1 saturated heterocycles. The molecule has 1 N–H and O–H groups in total. The molecule has 1 aromatic rings. The zero-order chi connectivity index (χ0) is 19.3. The summed E-state index contributed by atoms with van der Waals surface area (Å²) < 4.78 is 14.2. The van der Waals surface area contributed by atoms with Crippen molar-refractivity contribution in [3.05, 3.63) is 35.6 Å². The highest BCUT2D eigenvalue weighted by Crippen LogP contribution is 2.44. The number of carbonyl (C=O) groups excluding carboxylic acids is 2. The molecule has 1 aromatic carbocycles. The van der Waals surface area contributed by atoms with Gasteiger partial charge in [0, 0.05) is 31.7 Å². The van der Waals surface area contributed by atoms with Crippen LogP contribution in [0.25, 0.3) is 0 Å². The highest BCUT2D eigenvalue weighted by Gasteiger charge is 2.40. The highest BCUT2D eigenvalue weighted by molar-refractivity contribution is 8.01. The van der Waals surface area contributed by atoms with Crippen molar-refractivity contribution in [2.75, 3.05) is 20.1 Å². The van der Waals surface area contributed by atoms with Crippen LogP contribution in [0.2, 0.25) is 0 Å². The van der Waals surface area contributed by atoms with Gasteiger partial charge in [-0.2, -0.15) is 0 Å². The minimum Gasteiger partial charge on any atom is -0.336 e. The van der Waals surface area contributed by atoms with Gasteiger partial charge in [-0.25, -0.2) is 9.18 Å². The second-order valence-electron chi connectivity index (χ2n) is 6.82. The Balaban J connectivity index is 2.01. The van der Waals surface area contributed by atoms with Crippen LogP contribution in [0.1, 0.15) is 44.6 Å². The Kier molecular flexibility index (Phi) is 7.32. The molecule has 2 atom stereocenters. The summed E-state index contributed by atoms with van der Waals surface area (Å²) in [5.74, 6) is -0.229. The molecule has 1 fully saturated rings. The number of urea groups is 1. The summed E-state index contributed by atoms with van der Waals surface area (Å²) in [7, 11) is 1.74. The molecule has 1 aliphatic heterocycles. The smallest absolute Gasteiger partial charge is 0.317 e. The maximum atomic E-state index is 14.2. The number of rotatable bonds is 7. The highest BCUT2D eigenvalue weighted by atomic mass is 32.2. The van der Waals surface area contributed by atoms with E-state index >= 15 is 0 Å². The molecule has 0 bridgehead atoms. The lowest BCUT2D eigenvalue weighted by molar-refractivity contribution is -0.130. The van der Waals surface area contributed by atoms with Gasteiger partial charge in [-0.3, -0.25) is 4.79 Å². The molecule has 0 radical (unpaired) electrons. The lowest BCUT2D eigenvalue weighted by atomic mass is 10.1. The number of nitrogens with one attached hydrogen (secondary N) is 1. The van der Waals surface area contributed by atoms with Crippen molar-refractivity contribution in [1.29, 1.82) is 0 Å². The van der Waals surface area contributed by atoms with E-state index in [-0.39, 0.29) is 34.4 Å². The van der Waals surface area contributed by atoms with Crippen LogP contribution in [0.4, 0.5) is 9.18 Å². The Bertz CT molecular complexity index is 641. The first-order chi connectivity index (χ1) is 12.3. The van der Waals surface area contributed by atoms with Crippen LogP contribution < -0.4 is 5.32 Å². The van der Waals surface area contributed by atoms with Crippen LogP contribution in [-0.4, -0.2) is 53.2 Å². The van der Waals surface area contributed by atoms with Crippen molar-refractivity contribution in [3.63, 3.8) is 0 Å². The second kappa shape index (κ2) is 9.26. The van der Waals surface area contributed by atoms with Crippen molar-refractivity contribution in [1.82, 2.24) is 15.1 Å². The van der Waals surface area contributed by atoms with Crippen LogP contribution in [0.5, 0.6) is 0 Å². The Morgan fingerprint density at radius 2 is 2.08 bits per heavy atom. The largest absolute Gasteiger partial charge is 0.336 e. The molecule has 0 saturated carbocycles. The van der Waals surface area contributed by atoms with E-state index in [1.807, 2.05) is 20.8 Å². The molecule has 144 valence electrons. The standard InChI is InChI=1S/C19H28FN3O2S/c1-5-16-17(24)23(12-8-11-22(4)19(25)21-13(2)3)18(26-16)14-9-6-7-10-15(14)20/h6-7,9-10,13,16,18H,5,8,11-12H2,1-4H3,(H,21,25). The first kappa shape index (κ1) is 20.6. The molecule has 5 nitrogen and oxygen atoms in total. The molecule has 0 aromatic heterocycles. The van der Waals surface area contributed by atoms with Gasteiger partial charge in [-0.15, -0.1) is 11.8 Å². The van der Waals surface area contributed by atoms with Gasteiger partial charge in [0.2, 0.25) is 5.91 Å². The predicted molar refractivity (Wildman–Crippen MR) is 103 cm³/mol. The quantitative estimate of drug-likeness (QED) is 0.785. The van der Waals surface area contributed by atoms with Crippen LogP contribution >= 0.6 is 11.8 Å².